The van der Waals surface area contributed by atoms with Gasteiger partial charge >= 0.3 is 6.03 Å². The topological polar surface area (TPSA) is 74.5 Å². The molecule has 7 heteroatoms. The van der Waals surface area contributed by atoms with Crippen LogP contribution in [0.1, 0.15) is 25.6 Å². The number of carbonyl (C=O) groups excluding carboxylic acids is 1. The lowest BCUT2D eigenvalue weighted by atomic mass is 10.3. The van der Waals surface area contributed by atoms with Crippen molar-refractivity contribution in [3.8, 4) is 0 Å². The van der Waals surface area contributed by atoms with Gasteiger partial charge in [-0.05, 0) is 6.92 Å². The van der Waals surface area contributed by atoms with E-state index in [0.717, 1.165) is 38.4 Å². The Morgan fingerprint density at radius 1 is 1.32 bits per heavy atom. The average Bonchev–Trinajstić information content (AvgIpc) is 2.87. The molecule has 7 nitrogen and oxygen atoms in total. The van der Waals surface area contributed by atoms with Gasteiger partial charge in [0.25, 0.3) is 0 Å². The van der Waals surface area contributed by atoms with Crippen molar-refractivity contribution in [1.29, 1.82) is 0 Å². The third-order valence-electron chi connectivity index (χ3n) is 3.17. The molecule has 0 aromatic carbocycles. The molecule has 1 fully saturated rings. The van der Waals surface area contributed by atoms with E-state index in [1.54, 1.807) is 0 Å². The first-order valence-corrected chi connectivity index (χ1v) is 6.79. The summed E-state index contributed by atoms with van der Waals surface area (Å²) in [5, 5.41) is 6.70. The second kappa shape index (κ2) is 6.51. The van der Waals surface area contributed by atoms with Gasteiger partial charge in [0.15, 0.2) is 5.82 Å². The van der Waals surface area contributed by atoms with Crippen LogP contribution < -0.4 is 5.32 Å². The molecule has 1 aromatic rings. The highest BCUT2D eigenvalue weighted by Crippen LogP contribution is 2.07. The normalized spacial score (nSPS) is 16.6. The van der Waals surface area contributed by atoms with Gasteiger partial charge < -0.3 is 14.7 Å². The monoisotopic (exact) mass is 267 g/mol. The Hall–Kier alpha value is -1.63. The number of hydrogen-bond donors (Lipinski definition) is 1. The number of urea groups is 1. The van der Waals surface area contributed by atoms with Crippen molar-refractivity contribution >= 4 is 6.03 Å². The molecule has 0 atom stereocenters. The lowest BCUT2D eigenvalue weighted by Crippen LogP contribution is -2.51. The summed E-state index contributed by atoms with van der Waals surface area (Å²) in [6.07, 6.45) is 0.786. The molecule has 0 saturated carbocycles. The number of piperazine rings is 1. The smallest absolute Gasteiger partial charge is 0.317 e. The SMILES string of the molecule is CCNC(=O)N1CCN(Cc2nc(CC)no2)CC1. The third-order valence-corrected chi connectivity index (χ3v) is 3.17. The highest BCUT2D eigenvalue weighted by Gasteiger charge is 2.21. The zero-order chi connectivity index (χ0) is 13.7. The van der Waals surface area contributed by atoms with Gasteiger partial charge in [0, 0.05) is 39.1 Å². The van der Waals surface area contributed by atoms with Crippen LogP contribution in [0, 0.1) is 0 Å². The third kappa shape index (κ3) is 3.66. The molecule has 1 aromatic heterocycles. The first kappa shape index (κ1) is 13.8. The van der Waals surface area contributed by atoms with Crippen LogP contribution in [0.2, 0.25) is 0 Å². The molecule has 2 rings (SSSR count). The molecular formula is C12H21N5O2. The standard InChI is InChI=1S/C12H21N5O2/c1-3-10-14-11(19-15-10)9-16-5-7-17(8-6-16)12(18)13-4-2/h3-9H2,1-2H3,(H,13,18). The van der Waals surface area contributed by atoms with Crippen molar-refractivity contribution in [2.45, 2.75) is 26.8 Å². The molecule has 0 unspecified atom stereocenters. The molecule has 1 saturated heterocycles. The van der Waals surface area contributed by atoms with Gasteiger partial charge in [0.2, 0.25) is 5.89 Å². The van der Waals surface area contributed by atoms with Gasteiger partial charge in [0.05, 0.1) is 6.54 Å². The van der Waals surface area contributed by atoms with Crippen LogP contribution in [0.5, 0.6) is 0 Å². The van der Waals surface area contributed by atoms with E-state index in [4.69, 9.17) is 4.52 Å². The van der Waals surface area contributed by atoms with E-state index < -0.39 is 0 Å². The summed E-state index contributed by atoms with van der Waals surface area (Å²) >= 11 is 0. The number of nitrogens with zero attached hydrogens (tertiary/aromatic N) is 4. The van der Waals surface area contributed by atoms with E-state index in [9.17, 15) is 4.79 Å². The van der Waals surface area contributed by atoms with Crippen molar-refractivity contribution in [2.24, 2.45) is 0 Å². The van der Waals surface area contributed by atoms with Crippen molar-refractivity contribution in [3.05, 3.63) is 11.7 Å². The predicted octanol–water partition coefficient (Wildman–Crippen LogP) is 0.479. The largest absolute Gasteiger partial charge is 0.338 e. The Balaban J connectivity index is 1.78. The zero-order valence-electron chi connectivity index (χ0n) is 11.6. The number of aromatic nitrogens is 2. The van der Waals surface area contributed by atoms with Crippen LogP contribution in [-0.2, 0) is 13.0 Å². The Kier molecular flexibility index (Phi) is 4.73. The van der Waals surface area contributed by atoms with Crippen LogP contribution >= 0.6 is 0 Å². The quantitative estimate of drug-likeness (QED) is 0.859. The van der Waals surface area contributed by atoms with E-state index in [1.807, 2.05) is 18.7 Å². The summed E-state index contributed by atoms with van der Waals surface area (Å²) in [5.74, 6) is 1.40. The highest BCUT2D eigenvalue weighted by atomic mass is 16.5. The van der Waals surface area contributed by atoms with Gasteiger partial charge in [-0.15, -0.1) is 0 Å². The Morgan fingerprint density at radius 3 is 2.63 bits per heavy atom. The van der Waals surface area contributed by atoms with Gasteiger partial charge in [-0.25, -0.2) is 4.79 Å². The summed E-state index contributed by atoms with van der Waals surface area (Å²) in [5.41, 5.74) is 0. The van der Waals surface area contributed by atoms with Crippen LogP contribution in [0.4, 0.5) is 4.79 Å². The number of amides is 2. The van der Waals surface area contributed by atoms with Crippen molar-refractivity contribution in [1.82, 2.24) is 25.3 Å². The van der Waals surface area contributed by atoms with Crippen LogP contribution in [0.25, 0.3) is 0 Å². The fraction of sp³-hybridized carbons (Fsp3) is 0.750. The number of carbonyl (C=O) groups is 1. The minimum Gasteiger partial charge on any atom is -0.338 e. The van der Waals surface area contributed by atoms with Crippen LogP contribution in [0.15, 0.2) is 4.52 Å². The summed E-state index contributed by atoms with van der Waals surface area (Å²) in [7, 11) is 0. The lowest BCUT2D eigenvalue weighted by Gasteiger charge is -2.33. The molecule has 0 bridgehead atoms. The first-order valence-electron chi connectivity index (χ1n) is 6.79. The highest BCUT2D eigenvalue weighted by molar-refractivity contribution is 5.74. The minimum absolute atomic E-state index is 0.0215. The molecule has 1 aliphatic heterocycles. The molecule has 1 aliphatic rings. The van der Waals surface area contributed by atoms with Crippen molar-refractivity contribution in [3.63, 3.8) is 0 Å². The lowest BCUT2D eigenvalue weighted by molar-refractivity contribution is 0.127. The van der Waals surface area contributed by atoms with Gasteiger partial charge in [-0.1, -0.05) is 12.1 Å². The molecule has 2 heterocycles. The average molecular weight is 267 g/mol. The van der Waals surface area contributed by atoms with E-state index in [2.05, 4.69) is 20.4 Å². The zero-order valence-corrected chi connectivity index (χ0v) is 11.6. The van der Waals surface area contributed by atoms with Gasteiger partial charge in [-0.3, -0.25) is 4.90 Å². The van der Waals surface area contributed by atoms with Crippen molar-refractivity contribution < 1.29 is 9.32 Å². The molecule has 0 aliphatic carbocycles. The summed E-state index contributed by atoms with van der Waals surface area (Å²) in [6, 6.07) is 0.0215. The second-order valence-electron chi connectivity index (χ2n) is 4.56. The Bertz CT molecular complexity index is 412. The van der Waals surface area contributed by atoms with Gasteiger partial charge in [0.1, 0.15) is 0 Å². The molecule has 2 amide bonds. The maximum atomic E-state index is 11.7. The van der Waals surface area contributed by atoms with E-state index in [1.165, 1.54) is 0 Å². The molecular weight excluding hydrogens is 246 g/mol. The number of hydrogen-bond acceptors (Lipinski definition) is 5. The first-order chi connectivity index (χ1) is 9.22. The molecule has 0 spiro atoms. The number of rotatable bonds is 4. The maximum Gasteiger partial charge on any atom is 0.317 e. The second-order valence-corrected chi connectivity index (χ2v) is 4.56. The van der Waals surface area contributed by atoms with Crippen molar-refractivity contribution in [2.75, 3.05) is 32.7 Å². The Morgan fingerprint density at radius 2 is 2.05 bits per heavy atom. The van der Waals surface area contributed by atoms with Crippen LogP contribution in [0.3, 0.4) is 0 Å². The molecule has 0 radical (unpaired) electrons. The fourth-order valence-corrected chi connectivity index (χ4v) is 2.06. The number of nitrogens with one attached hydrogen (secondary N) is 1. The molecule has 106 valence electrons. The summed E-state index contributed by atoms with van der Waals surface area (Å²) in [6.45, 7) is 8.40. The van der Waals surface area contributed by atoms with E-state index in [-0.39, 0.29) is 6.03 Å². The Labute approximate surface area is 112 Å². The van der Waals surface area contributed by atoms with Gasteiger partial charge in [-0.2, -0.15) is 4.98 Å². The number of aryl methyl sites for hydroxylation is 1. The predicted molar refractivity (Wildman–Crippen MR) is 69.6 cm³/mol. The van der Waals surface area contributed by atoms with Crippen LogP contribution in [-0.4, -0.2) is 58.7 Å². The minimum atomic E-state index is 0.0215. The van der Waals surface area contributed by atoms with E-state index in [0.29, 0.717) is 19.0 Å². The van der Waals surface area contributed by atoms with E-state index >= 15 is 0 Å². The molecule has 1 N–H and O–H groups in total. The molecule has 19 heavy (non-hydrogen) atoms. The fourth-order valence-electron chi connectivity index (χ4n) is 2.06. The maximum absolute atomic E-state index is 11.7. The summed E-state index contributed by atoms with van der Waals surface area (Å²) < 4.78 is 5.18. The summed E-state index contributed by atoms with van der Waals surface area (Å²) in [4.78, 5) is 20.0.